The molecular weight excluding hydrogens is 548 g/mol. The van der Waals surface area contributed by atoms with Gasteiger partial charge >= 0.3 is 0 Å². The summed E-state index contributed by atoms with van der Waals surface area (Å²) in [6.45, 7) is 5.48. The molecule has 1 aromatic carbocycles. The smallest absolute Gasteiger partial charge is 0.237 e. The number of nitrogens with two attached hydrogens (primary N) is 1. The first-order valence-electron chi connectivity index (χ1n) is 15.3. The molecule has 4 fully saturated rings. The van der Waals surface area contributed by atoms with Gasteiger partial charge in [0, 0.05) is 42.2 Å². The lowest BCUT2D eigenvalue weighted by molar-refractivity contribution is -0.125. The van der Waals surface area contributed by atoms with Crippen LogP contribution in [0, 0.1) is 11.8 Å². The Morgan fingerprint density at radius 1 is 1.12 bits per heavy atom. The molecule has 2 bridgehead atoms. The van der Waals surface area contributed by atoms with Crippen LogP contribution in [0.1, 0.15) is 83.1 Å². The lowest BCUT2D eigenvalue weighted by Gasteiger charge is -2.39. The van der Waals surface area contributed by atoms with Crippen LogP contribution in [0.4, 0.5) is 0 Å². The van der Waals surface area contributed by atoms with Gasteiger partial charge in [-0.2, -0.15) is 4.31 Å². The average Bonchev–Trinajstić information content (AvgIpc) is 3.30. The summed E-state index contributed by atoms with van der Waals surface area (Å²) in [5.41, 5.74) is 7.85. The van der Waals surface area contributed by atoms with Crippen molar-refractivity contribution >= 4 is 27.5 Å². The van der Waals surface area contributed by atoms with Crippen LogP contribution in [0.15, 0.2) is 24.3 Å². The number of rotatable bonds is 8. The molecule has 4 aliphatic rings. The molecule has 10 heteroatoms. The van der Waals surface area contributed by atoms with Gasteiger partial charge in [0.05, 0.1) is 24.0 Å². The number of hydrogen-bond acceptors (Lipinski definition) is 6. The van der Waals surface area contributed by atoms with Gasteiger partial charge in [0.1, 0.15) is 0 Å². The van der Waals surface area contributed by atoms with E-state index in [1.54, 1.807) is 4.31 Å². The van der Waals surface area contributed by atoms with Gasteiger partial charge in [-0.15, -0.1) is 0 Å². The van der Waals surface area contributed by atoms with Crippen molar-refractivity contribution in [2.75, 3.05) is 18.8 Å². The van der Waals surface area contributed by atoms with Crippen molar-refractivity contribution in [1.29, 1.82) is 0 Å². The molecule has 40 heavy (non-hydrogen) atoms. The highest BCUT2D eigenvalue weighted by Crippen LogP contribution is 2.39. The molecule has 8 nitrogen and oxygen atoms in total. The number of halogens is 1. The number of sulfonamides is 1. The van der Waals surface area contributed by atoms with Crippen LogP contribution in [0.3, 0.4) is 0 Å². The summed E-state index contributed by atoms with van der Waals surface area (Å²) >= 11 is 6.19. The van der Waals surface area contributed by atoms with Crippen molar-refractivity contribution in [1.82, 2.24) is 14.9 Å². The number of ether oxygens (including phenoxy) is 1. The second kappa shape index (κ2) is 13.0. The molecular formula is C30H47ClN4O4S. The Kier molecular flexibility index (Phi) is 9.80. The Morgan fingerprint density at radius 3 is 2.58 bits per heavy atom. The summed E-state index contributed by atoms with van der Waals surface area (Å²) in [6, 6.07) is 7.41. The summed E-state index contributed by atoms with van der Waals surface area (Å²) in [7, 11) is -3.20. The van der Waals surface area contributed by atoms with E-state index >= 15 is 0 Å². The average molecular weight is 595 g/mol. The van der Waals surface area contributed by atoms with Crippen molar-refractivity contribution in [3.63, 3.8) is 0 Å². The van der Waals surface area contributed by atoms with Crippen molar-refractivity contribution in [2.45, 2.75) is 114 Å². The van der Waals surface area contributed by atoms with Gasteiger partial charge in [0.25, 0.3) is 0 Å². The SMILES string of the molecule is C[C@@H]1CC([C@H](c2ccc(Cl)cc2)[C@H](N)C(=O)N[C@H]2CCC[C@@H]2CC[C@H]2CN[C@@H]3CCCS(=O)(=O)N2C3)C[C@H](C)O1. The molecule has 4 N–H and O–H groups in total. The second-order valence-electron chi connectivity index (χ2n) is 12.8. The minimum atomic E-state index is -3.20. The van der Waals surface area contributed by atoms with E-state index in [2.05, 4.69) is 24.5 Å². The van der Waals surface area contributed by atoms with Crippen LogP contribution in [-0.2, 0) is 19.6 Å². The molecule has 10 atom stereocenters. The van der Waals surface area contributed by atoms with E-state index < -0.39 is 16.1 Å². The first-order valence-corrected chi connectivity index (χ1v) is 17.3. The second-order valence-corrected chi connectivity index (χ2v) is 15.2. The van der Waals surface area contributed by atoms with Gasteiger partial charge in [-0.05, 0) is 94.7 Å². The van der Waals surface area contributed by atoms with E-state index in [4.69, 9.17) is 22.1 Å². The van der Waals surface area contributed by atoms with Gasteiger partial charge in [-0.25, -0.2) is 8.42 Å². The lowest BCUT2D eigenvalue weighted by Crippen LogP contribution is -2.57. The van der Waals surface area contributed by atoms with Crippen molar-refractivity contribution in [3.05, 3.63) is 34.9 Å². The van der Waals surface area contributed by atoms with Gasteiger partial charge in [-0.3, -0.25) is 4.79 Å². The molecule has 3 heterocycles. The van der Waals surface area contributed by atoms with Crippen LogP contribution in [0.25, 0.3) is 0 Å². The third-order valence-corrected chi connectivity index (χ3v) is 12.0. The number of piperazine rings is 1. The molecule has 0 aromatic heterocycles. The van der Waals surface area contributed by atoms with Gasteiger partial charge in [0.15, 0.2) is 0 Å². The molecule has 1 saturated carbocycles. The van der Waals surface area contributed by atoms with Gasteiger partial charge < -0.3 is 21.1 Å². The molecule has 1 aromatic rings. The summed E-state index contributed by atoms with van der Waals surface area (Å²) in [5, 5.41) is 7.58. The molecule has 2 unspecified atom stereocenters. The van der Waals surface area contributed by atoms with Crippen molar-refractivity contribution < 1.29 is 17.9 Å². The Morgan fingerprint density at radius 2 is 1.85 bits per heavy atom. The Hall–Kier alpha value is -1.23. The first kappa shape index (κ1) is 30.2. The van der Waals surface area contributed by atoms with Crippen molar-refractivity contribution in [3.8, 4) is 0 Å². The van der Waals surface area contributed by atoms with E-state index in [1.165, 1.54) is 0 Å². The minimum absolute atomic E-state index is 0.00894. The quantitative estimate of drug-likeness (QED) is 0.422. The van der Waals surface area contributed by atoms with Gasteiger partial charge in [-0.1, -0.05) is 30.2 Å². The number of nitrogens with one attached hydrogen (secondary N) is 2. The molecule has 5 rings (SSSR count). The largest absolute Gasteiger partial charge is 0.376 e. The molecule has 3 aliphatic heterocycles. The standard InChI is InChI=1S/C30H47ClN4O4S/c1-19-15-23(16-20(2)39-19)28(22-8-11-24(31)12-9-22)29(32)30(36)34-27-7-3-5-21(27)10-13-26-17-33-25-6-4-14-40(37,38)35(26)18-25/h8-9,11-12,19-21,23,25-29,33H,3-7,10,13-18,32H2,1-2H3,(H,34,36)/t19-,20+,21-,23?,25-,26+,27+,28+,29+/m1/s1. The fraction of sp³-hybridized carbons (Fsp3) is 0.767. The normalized spacial score (nSPS) is 37.3. The monoisotopic (exact) mass is 594 g/mol. The maximum Gasteiger partial charge on any atom is 0.237 e. The van der Waals surface area contributed by atoms with Crippen LogP contribution >= 0.6 is 11.6 Å². The van der Waals surface area contributed by atoms with Crippen molar-refractivity contribution in [2.24, 2.45) is 17.6 Å². The zero-order valence-corrected chi connectivity index (χ0v) is 25.5. The first-order chi connectivity index (χ1) is 19.1. The topological polar surface area (TPSA) is 114 Å². The number of hydrogen-bond donors (Lipinski definition) is 3. The predicted molar refractivity (Wildman–Crippen MR) is 159 cm³/mol. The fourth-order valence-electron chi connectivity index (χ4n) is 7.87. The minimum Gasteiger partial charge on any atom is -0.376 e. The number of carbonyl (C=O) groups is 1. The van der Waals surface area contributed by atoms with E-state index in [0.29, 0.717) is 24.0 Å². The number of amides is 1. The van der Waals surface area contributed by atoms with E-state index in [0.717, 1.165) is 63.4 Å². The number of benzene rings is 1. The van der Waals surface area contributed by atoms with E-state index in [1.807, 2.05) is 24.3 Å². The third kappa shape index (κ3) is 7.04. The Labute approximate surface area is 245 Å². The lowest BCUT2D eigenvalue weighted by atomic mass is 9.74. The summed E-state index contributed by atoms with van der Waals surface area (Å²) in [6.07, 6.45) is 8.37. The van der Waals surface area contributed by atoms with E-state index in [9.17, 15) is 13.2 Å². The summed E-state index contributed by atoms with van der Waals surface area (Å²) in [4.78, 5) is 13.7. The molecule has 0 spiro atoms. The zero-order chi connectivity index (χ0) is 28.4. The fourth-order valence-corrected chi connectivity index (χ4v) is 9.81. The van der Waals surface area contributed by atoms with Crippen LogP contribution in [-0.4, -0.2) is 73.8 Å². The van der Waals surface area contributed by atoms with Gasteiger partial charge in [0.2, 0.25) is 15.9 Å². The highest BCUT2D eigenvalue weighted by molar-refractivity contribution is 7.89. The molecule has 3 saturated heterocycles. The Bertz CT molecular complexity index is 1110. The van der Waals surface area contributed by atoms with E-state index in [-0.39, 0.29) is 53.8 Å². The molecule has 224 valence electrons. The zero-order valence-electron chi connectivity index (χ0n) is 23.9. The highest BCUT2D eigenvalue weighted by Gasteiger charge is 2.41. The maximum absolute atomic E-state index is 13.7. The van der Waals surface area contributed by atoms with Crippen LogP contribution < -0.4 is 16.4 Å². The van der Waals surface area contributed by atoms with Crippen LogP contribution in [0.5, 0.6) is 0 Å². The number of nitrogens with zero attached hydrogens (tertiary/aromatic N) is 1. The molecule has 0 radical (unpaired) electrons. The summed E-state index contributed by atoms with van der Waals surface area (Å²) in [5.74, 6) is 0.599. The predicted octanol–water partition coefficient (Wildman–Crippen LogP) is 3.79. The maximum atomic E-state index is 13.7. The molecule has 1 aliphatic carbocycles. The number of fused-ring (bicyclic) bond motifs is 2. The van der Waals surface area contributed by atoms with Crippen LogP contribution in [0.2, 0.25) is 5.02 Å². The third-order valence-electron chi connectivity index (χ3n) is 9.81. The number of carbonyl (C=O) groups excluding carboxylic acids is 1. The molecule has 1 amide bonds. The highest BCUT2D eigenvalue weighted by atomic mass is 35.5. The Balaban J connectivity index is 1.24. The summed E-state index contributed by atoms with van der Waals surface area (Å²) < 4.78 is 33.5.